The molecule has 23 heavy (non-hydrogen) atoms. The molecule has 1 aliphatic carbocycles. The Balaban J connectivity index is 1.61. The first kappa shape index (κ1) is 16.0. The number of hydrogen-bond donors (Lipinski definition) is 1. The SMILES string of the molecule is O=C(CN1C(=O)CC2(CCCC2)CC1=O)Nc1ccc(Cl)cc1. The molecule has 1 saturated carbocycles. The monoisotopic (exact) mass is 334 g/mol. The van der Waals surface area contributed by atoms with Crippen LogP contribution in [-0.2, 0) is 14.4 Å². The largest absolute Gasteiger partial charge is 0.325 e. The smallest absolute Gasteiger partial charge is 0.244 e. The van der Waals surface area contributed by atoms with Gasteiger partial charge < -0.3 is 5.32 Å². The molecule has 122 valence electrons. The van der Waals surface area contributed by atoms with Crippen molar-refractivity contribution < 1.29 is 14.4 Å². The molecule has 3 amide bonds. The van der Waals surface area contributed by atoms with Gasteiger partial charge in [-0.05, 0) is 42.5 Å². The van der Waals surface area contributed by atoms with Crippen LogP contribution in [0.5, 0.6) is 0 Å². The van der Waals surface area contributed by atoms with Crippen LogP contribution < -0.4 is 5.32 Å². The van der Waals surface area contributed by atoms with E-state index in [9.17, 15) is 14.4 Å². The van der Waals surface area contributed by atoms with E-state index in [-0.39, 0.29) is 29.7 Å². The van der Waals surface area contributed by atoms with E-state index in [4.69, 9.17) is 11.6 Å². The lowest BCUT2D eigenvalue weighted by atomic mass is 9.76. The van der Waals surface area contributed by atoms with Crippen LogP contribution in [0.3, 0.4) is 0 Å². The summed E-state index contributed by atoms with van der Waals surface area (Å²) >= 11 is 5.79. The van der Waals surface area contributed by atoms with Gasteiger partial charge in [0.05, 0.1) is 0 Å². The Labute approximate surface area is 140 Å². The molecule has 2 aliphatic rings. The summed E-state index contributed by atoms with van der Waals surface area (Å²) in [7, 11) is 0. The van der Waals surface area contributed by atoms with Crippen LogP contribution in [0.1, 0.15) is 38.5 Å². The molecule has 2 fully saturated rings. The predicted octanol–water partition coefficient (Wildman–Crippen LogP) is 2.99. The number of halogens is 1. The highest BCUT2D eigenvalue weighted by atomic mass is 35.5. The maximum atomic E-state index is 12.3. The van der Waals surface area contributed by atoms with Gasteiger partial charge in [-0.25, -0.2) is 0 Å². The minimum absolute atomic E-state index is 0.142. The average molecular weight is 335 g/mol. The quantitative estimate of drug-likeness (QED) is 0.864. The maximum Gasteiger partial charge on any atom is 0.244 e. The molecule has 0 bridgehead atoms. The zero-order chi connectivity index (χ0) is 16.4. The summed E-state index contributed by atoms with van der Waals surface area (Å²) in [5, 5.41) is 3.25. The van der Waals surface area contributed by atoms with E-state index >= 15 is 0 Å². The highest BCUT2D eigenvalue weighted by Crippen LogP contribution is 2.46. The van der Waals surface area contributed by atoms with Gasteiger partial charge in [0.2, 0.25) is 17.7 Å². The fraction of sp³-hybridized carbons (Fsp3) is 0.471. The Morgan fingerprint density at radius 2 is 1.65 bits per heavy atom. The lowest BCUT2D eigenvalue weighted by molar-refractivity contribution is -0.155. The number of imide groups is 1. The molecule has 1 aromatic carbocycles. The van der Waals surface area contributed by atoms with Crippen LogP contribution in [0.25, 0.3) is 0 Å². The van der Waals surface area contributed by atoms with Gasteiger partial charge in [-0.3, -0.25) is 19.3 Å². The Morgan fingerprint density at radius 1 is 1.09 bits per heavy atom. The third-order valence-corrected chi connectivity index (χ3v) is 5.00. The van der Waals surface area contributed by atoms with Gasteiger partial charge in [0.15, 0.2) is 0 Å². The first-order chi connectivity index (χ1) is 11.0. The van der Waals surface area contributed by atoms with Crippen molar-refractivity contribution in [3.63, 3.8) is 0 Å². The normalized spacial score (nSPS) is 20.1. The van der Waals surface area contributed by atoms with E-state index in [1.165, 1.54) is 0 Å². The summed E-state index contributed by atoms with van der Waals surface area (Å²) in [5.41, 5.74) is 0.445. The summed E-state index contributed by atoms with van der Waals surface area (Å²) in [6.45, 7) is -0.226. The van der Waals surface area contributed by atoms with Crippen molar-refractivity contribution in [3.8, 4) is 0 Å². The van der Waals surface area contributed by atoms with E-state index in [1.54, 1.807) is 24.3 Å². The fourth-order valence-corrected chi connectivity index (χ4v) is 3.69. The maximum absolute atomic E-state index is 12.3. The molecule has 1 aliphatic heterocycles. The third kappa shape index (κ3) is 3.55. The highest BCUT2D eigenvalue weighted by molar-refractivity contribution is 6.30. The molecule has 1 spiro atoms. The summed E-state index contributed by atoms with van der Waals surface area (Å²) in [4.78, 5) is 37.8. The molecule has 0 unspecified atom stereocenters. The Bertz CT molecular complexity index is 616. The van der Waals surface area contributed by atoms with Gasteiger partial charge in [-0.15, -0.1) is 0 Å². The average Bonchev–Trinajstić information content (AvgIpc) is 2.93. The molecule has 0 atom stereocenters. The zero-order valence-electron chi connectivity index (χ0n) is 12.8. The number of nitrogens with one attached hydrogen (secondary N) is 1. The minimum atomic E-state index is -0.378. The van der Waals surface area contributed by atoms with Crippen molar-refractivity contribution in [1.29, 1.82) is 0 Å². The van der Waals surface area contributed by atoms with Gasteiger partial charge in [-0.1, -0.05) is 24.4 Å². The number of anilines is 1. The number of carbonyl (C=O) groups excluding carboxylic acids is 3. The van der Waals surface area contributed by atoms with Crippen LogP contribution >= 0.6 is 11.6 Å². The lowest BCUT2D eigenvalue weighted by Crippen LogP contribution is -2.49. The first-order valence-electron chi connectivity index (χ1n) is 7.86. The van der Waals surface area contributed by atoms with Crippen LogP contribution in [0.2, 0.25) is 5.02 Å². The van der Waals surface area contributed by atoms with Crippen molar-refractivity contribution in [2.75, 3.05) is 11.9 Å². The van der Waals surface area contributed by atoms with E-state index in [0.29, 0.717) is 23.6 Å². The fourth-order valence-electron chi connectivity index (χ4n) is 3.57. The second-order valence-electron chi connectivity index (χ2n) is 6.49. The number of benzene rings is 1. The van der Waals surface area contributed by atoms with E-state index in [0.717, 1.165) is 30.6 Å². The molecule has 6 heteroatoms. The summed E-state index contributed by atoms with van der Waals surface area (Å²) in [6.07, 6.45) is 4.81. The second-order valence-corrected chi connectivity index (χ2v) is 6.93. The molecular formula is C17H19ClN2O3. The summed E-state index contributed by atoms with van der Waals surface area (Å²) in [6, 6.07) is 6.68. The van der Waals surface area contributed by atoms with E-state index in [2.05, 4.69) is 5.32 Å². The summed E-state index contributed by atoms with van der Waals surface area (Å²) < 4.78 is 0. The number of piperidine rings is 1. The Kier molecular flexibility index (Phi) is 4.39. The summed E-state index contributed by atoms with van der Waals surface area (Å²) in [5.74, 6) is -0.833. The molecule has 1 N–H and O–H groups in total. The Morgan fingerprint density at radius 3 is 2.22 bits per heavy atom. The van der Waals surface area contributed by atoms with E-state index in [1.807, 2.05) is 0 Å². The number of likely N-dealkylation sites (tertiary alicyclic amines) is 1. The van der Waals surface area contributed by atoms with Gasteiger partial charge in [0, 0.05) is 23.6 Å². The number of hydrogen-bond acceptors (Lipinski definition) is 3. The van der Waals surface area contributed by atoms with Crippen molar-refractivity contribution in [2.24, 2.45) is 5.41 Å². The van der Waals surface area contributed by atoms with E-state index < -0.39 is 0 Å². The molecule has 1 aromatic rings. The predicted molar refractivity (Wildman–Crippen MR) is 86.9 cm³/mol. The Hall–Kier alpha value is -1.88. The van der Waals surface area contributed by atoms with Gasteiger partial charge in [0.1, 0.15) is 6.54 Å². The van der Waals surface area contributed by atoms with Crippen LogP contribution in [0.4, 0.5) is 5.69 Å². The van der Waals surface area contributed by atoms with Crippen LogP contribution in [0, 0.1) is 5.41 Å². The number of rotatable bonds is 3. The van der Waals surface area contributed by atoms with Crippen molar-refractivity contribution in [1.82, 2.24) is 4.90 Å². The minimum Gasteiger partial charge on any atom is -0.325 e. The van der Waals surface area contributed by atoms with Gasteiger partial charge >= 0.3 is 0 Å². The molecule has 1 heterocycles. The lowest BCUT2D eigenvalue weighted by Gasteiger charge is -2.36. The van der Waals surface area contributed by atoms with Crippen LogP contribution in [0.15, 0.2) is 24.3 Å². The molecule has 0 radical (unpaired) electrons. The number of amides is 3. The van der Waals surface area contributed by atoms with Crippen molar-refractivity contribution in [3.05, 3.63) is 29.3 Å². The molecule has 0 aromatic heterocycles. The molecule has 3 rings (SSSR count). The number of nitrogens with zero attached hydrogens (tertiary/aromatic N) is 1. The zero-order valence-corrected chi connectivity index (χ0v) is 13.6. The van der Waals surface area contributed by atoms with Crippen LogP contribution in [-0.4, -0.2) is 29.2 Å². The second kappa shape index (κ2) is 6.32. The van der Waals surface area contributed by atoms with Crippen molar-refractivity contribution in [2.45, 2.75) is 38.5 Å². The van der Waals surface area contributed by atoms with Gasteiger partial charge in [0.25, 0.3) is 0 Å². The molecule has 1 saturated heterocycles. The standard InChI is InChI=1S/C17H19ClN2O3/c18-12-3-5-13(6-4-12)19-14(21)11-20-15(22)9-17(10-16(20)23)7-1-2-8-17/h3-6H,1-2,7-11H2,(H,19,21). The molecular weight excluding hydrogens is 316 g/mol. The third-order valence-electron chi connectivity index (χ3n) is 4.75. The van der Waals surface area contributed by atoms with Gasteiger partial charge in [-0.2, -0.15) is 0 Å². The topological polar surface area (TPSA) is 66.5 Å². The molecule has 5 nitrogen and oxygen atoms in total. The number of carbonyl (C=O) groups is 3. The highest BCUT2D eigenvalue weighted by Gasteiger charge is 2.45. The first-order valence-corrected chi connectivity index (χ1v) is 8.24. The van der Waals surface area contributed by atoms with Crippen molar-refractivity contribution >= 4 is 35.0 Å².